The van der Waals surface area contributed by atoms with Crippen molar-refractivity contribution in [2.45, 2.75) is 26.7 Å². The third-order valence-corrected chi connectivity index (χ3v) is 1.60. The average molecular weight is 171 g/mol. The van der Waals surface area contributed by atoms with Crippen LogP contribution < -0.4 is 5.32 Å². The molecular formula is C9H17NO2. The molecule has 0 aliphatic rings. The van der Waals surface area contributed by atoms with E-state index in [0.29, 0.717) is 5.57 Å². The normalized spacial score (nSPS) is 11.7. The number of aliphatic carboxylic acids is 1. The van der Waals surface area contributed by atoms with Crippen LogP contribution in [-0.2, 0) is 4.79 Å². The summed E-state index contributed by atoms with van der Waals surface area (Å²) in [6.45, 7) is 5.61. The number of carboxylic acids is 1. The number of nitrogens with one attached hydrogen (secondary N) is 1. The van der Waals surface area contributed by atoms with Crippen LogP contribution in [0.15, 0.2) is 11.6 Å². The quantitative estimate of drug-likeness (QED) is 0.469. The summed E-state index contributed by atoms with van der Waals surface area (Å²) in [6, 6.07) is 0. The van der Waals surface area contributed by atoms with Crippen molar-refractivity contribution in [1.82, 2.24) is 5.32 Å². The Kier molecular flexibility index (Phi) is 6.38. The fourth-order valence-electron chi connectivity index (χ4n) is 0.810. The van der Waals surface area contributed by atoms with E-state index in [4.69, 9.17) is 5.11 Å². The van der Waals surface area contributed by atoms with Crippen molar-refractivity contribution in [3.8, 4) is 0 Å². The number of rotatable bonds is 6. The molecule has 70 valence electrons. The summed E-state index contributed by atoms with van der Waals surface area (Å²) in [5.74, 6) is -0.821. The summed E-state index contributed by atoms with van der Waals surface area (Å²) in [5.41, 5.74) is 0.437. The van der Waals surface area contributed by atoms with Crippen LogP contribution in [0.4, 0.5) is 0 Å². The highest BCUT2D eigenvalue weighted by Crippen LogP contribution is 1.97. The first-order valence-corrected chi connectivity index (χ1v) is 4.29. The molecule has 0 bridgehead atoms. The Morgan fingerprint density at radius 2 is 2.25 bits per heavy atom. The molecule has 3 nitrogen and oxygen atoms in total. The number of carbonyl (C=O) groups is 1. The molecule has 0 radical (unpaired) electrons. The third kappa shape index (κ3) is 5.92. The molecule has 0 unspecified atom stereocenters. The molecule has 0 aromatic rings. The van der Waals surface area contributed by atoms with Gasteiger partial charge in [0.15, 0.2) is 0 Å². The molecule has 0 amide bonds. The highest BCUT2D eigenvalue weighted by atomic mass is 16.4. The van der Waals surface area contributed by atoms with Gasteiger partial charge in [-0.05, 0) is 32.9 Å². The molecule has 2 N–H and O–H groups in total. The van der Waals surface area contributed by atoms with Gasteiger partial charge in [0.1, 0.15) is 0 Å². The third-order valence-electron chi connectivity index (χ3n) is 1.60. The molecule has 0 atom stereocenters. The van der Waals surface area contributed by atoms with Crippen molar-refractivity contribution < 1.29 is 9.90 Å². The lowest BCUT2D eigenvalue weighted by Crippen LogP contribution is -2.13. The van der Waals surface area contributed by atoms with Gasteiger partial charge in [-0.15, -0.1) is 0 Å². The average Bonchev–Trinajstić information content (AvgIpc) is 2.03. The van der Waals surface area contributed by atoms with Crippen LogP contribution in [0, 0.1) is 0 Å². The summed E-state index contributed by atoms with van der Waals surface area (Å²) in [6.07, 6.45) is 3.60. The molecule has 0 saturated carbocycles. The second-order valence-electron chi connectivity index (χ2n) is 2.69. The van der Waals surface area contributed by atoms with E-state index >= 15 is 0 Å². The van der Waals surface area contributed by atoms with Crippen LogP contribution in [-0.4, -0.2) is 24.2 Å². The maximum absolute atomic E-state index is 10.3. The molecule has 0 spiro atoms. The van der Waals surface area contributed by atoms with Crippen LogP contribution in [0.3, 0.4) is 0 Å². The first-order valence-electron chi connectivity index (χ1n) is 4.29. The summed E-state index contributed by atoms with van der Waals surface area (Å²) in [7, 11) is 0. The highest BCUT2D eigenvalue weighted by molar-refractivity contribution is 5.85. The van der Waals surface area contributed by atoms with Crippen LogP contribution in [0.2, 0.25) is 0 Å². The number of allylic oxidation sites excluding steroid dienone is 1. The lowest BCUT2D eigenvalue weighted by Gasteiger charge is -1.98. The standard InChI is InChI=1S/C9H17NO2/c1-3-10-7-5-4-6-8(2)9(11)12/h6,10H,3-5,7H2,1-2H3,(H,11,12)/b8-6+. The summed E-state index contributed by atoms with van der Waals surface area (Å²) >= 11 is 0. The molecule has 0 aliphatic carbocycles. The van der Waals surface area contributed by atoms with Gasteiger partial charge in [0, 0.05) is 5.57 Å². The zero-order chi connectivity index (χ0) is 9.40. The van der Waals surface area contributed by atoms with Gasteiger partial charge < -0.3 is 10.4 Å². The Morgan fingerprint density at radius 1 is 1.58 bits per heavy atom. The Labute approximate surface area is 73.5 Å². The number of hydrogen-bond donors (Lipinski definition) is 2. The Balaban J connectivity index is 3.40. The van der Waals surface area contributed by atoms with Crippen molar-refractivity contribution in [2.75, 3.05) is 13.1 Å². The molecule has 0 heterocycles. The number of carboxylic acid groups (broad SMARTS) is 1. The van der Waals surface area contributed by atoms with Crippen molar-refractivity contribution in [3.63, 3.8) is 0 Å². The van der Waals surface area contributed by atoms with E-state index < -0.39 is 5.97 Å². The Morgan fingerprint density at radius 3 is 2.75 bits per heavy atom. The maximum Gasteiger partial charge on any atom is 0.330 e. The van der Waals surface area contributed by atoms with Crippen LogP contribution >= 0.6 is 0 Å². The van der Waals surface area contributed by atoms with E-state index in [2.05, 4.69) is 12.2 Å². The largest absolute Gasteiger partial charge is 0.478 e. The summed E-state index contributed by atoms with van der Waals surface area (Å²) in [5, 5.41) is 11.7. The molecule has 0 saturated heterocycles. The fraction of sp³-hybridized carbons (Fsp3) is 0.667. The minimum atomic E-state index is -0.821. The molecule has 0 aliphatic heterocycles. The number of hydrogen-bond acceptors (Lipinski definition) is 2. The van der Waals surface area contributed by atoms with Crippen LogP contribution in [0.5, 0.6) is 0 Å². The lowest BCUT2D eigenvalue weighted by molar-refractivity contribution is -0.132. The van der Waals surface area contributed by atoms with E-state index in [1.54, 1.807) is 13.0 Å². The Hall–Kier alpha value is -0.830. The Bertz CT molecular complexity index is 164. The zero-order valence-corrected chi connectivity index (χ0v) is 7.76. The van der Waals surface area contributed by atoms with Gasteiger partial charge in [0.2, 0.25) is 0 Å². The molecule has 3 heteroatoms. The summed E-state index contributed by atoms with van der Waals surface area (Å²) in [4.78, 5) is 10.3. The van der Waals surface area contributed by atoms with E-state index in [1.165, 1.54) is 0 Å². The maximum atomic E-state index is 10.3. The van der Waals surface area contributed by atoms with Crippen molar-refractivity contribution >= 4 is 5.97 Å². The molecule has 0 rings (SSSR count). The predicted octanol–water partition coefficient (Wildman–Crippen LogP) is 1.41. The molecule has 0 aromatic carbocycles. The molecule has 0 fully saturated rings. The topological polar surface area (TPSA) is 49.3 Å². The van der Waals surface area contributed by atoms with E-state index in [1.807, 2.05) is 0 Å². The second kappa shape index (κ2) is 6.85. The smallest absolute Gasteiger partial charge is 0.330 e. The SMILES string of the molecule is CCNCCC/C=C(\C)C(=O)O. The van der Waals surface area contributed by atoms with E-state index in [9.17, 15) is 4.79 Å². The van der Waals surface area contributed by atoms with Crippen LogP contribution in [0.25, 0.3) is 0 Å². The second-order valence-corrected chi connectivity index (χ2v) is 2.69. The van der Waals surface area contributed by atoms with Gasteiger partial charge >= 0.3 is 5.97 Å². The number of unbranched alkanes of at least 4 members (excludes halogenated alkanes) is 1. The monoisotopic (exact) mass is 171 g/mol. The van der Waals surface area contributed by atoms with Crippen molar-refractivity contribution in [3.05, 3.63) is 11.6 Å². The van der Waals surface area contributed by atoms with Crippen LogP contribution in [0.1, 0.15) is 26.7 Å². The van der Waals surface area contributed by atoms with Gasteiger partial charge in [-0.3, -0.25) is 0 Å². The van der Waals surface area contributed by atoms with Gasteiger partial charge in [0.25, 0.3) is 0 Å². The van der Waals surface area contributed by atoms with Crippen molar-refractivity contribution in [2.24, 2.45) is 0 Å². The zero-order valence-electron chi connectivity index (χ0n) is 7.76. The molecular weight excluding hydrogens is 154 g/mol. The first kappa shape index (κ1) is 11.2. The van der Waals surface area contributed by atoms with Crippen molar-refractivity contribution in [1.29, 1.82) is 0 Å². The summed E-state index contributed by atoms with van der Waals surface area (Å²) < 4.78 is 0. The van der Waals surface area contributed by atoms with Gasteiger partial charge in [-0.25, -0.2) is 4.79 Å². The first-order chi connectivity index (χ1) is 5.68. The van der Waals surface area contributed by atoms with Gasteiger partial charge in [-0.1, -0.05) is 13.0 Å². The highest BCUT2D eigenvalue weighted by Gasteiger charge is 1.96. The minimum absolute atomic E-state index is 0.437. The van der Waals surface area contributed by atoms with Gasteiger partial charge in [0.05, 0.1) is 0 Å². The van der Waals surface area contributed by atoms with E-state index in [0.717, 1.165) is 25.9 Å². The fourth-order valence-corrected chi connectivity index (χ4v) is 0.810. The molecule has 0 aromatic heterocycles. The predicted molar refractivity (Wildman–Crippen MR) is 49.2 cm³/mol. The van der Waals surface area contributed by atoms with E-state index in [-0.39, 0.29) is 0 Å². The lowest BCUT2D eigenvalue weighted by atomic mass is 10.2. The molecule has 12 heavy (non-hydrogen) atoms. The minimum Gasteiger partial charge on any atom is -0.478 e. The van der Waals surface area contributed by atoms with Gasteiger partial charge in [-0.2, -0.15) is 0 Å².